The minimum absolute atomic E-state index is 0. The molecule has 3 heterocycles. The van der Waals surface area contributed by atoms with E-state index in [2.05, 4.69) is 57.3 Å². The minimum Gasteiger partial charge on any atom is -0.353 e. The molecule has 164 valence electrons. The van der Waals surface area contributed by atoms with Crippen LogP contribution >= 0.6 is 23.9 Å². The summed E-state index contributed by atoms with van der Waals surface area (Å²) in [6.07, 6.45) is 2.74. The van der Waals surface area contributed by atoms with Crippen molar-refractivity contribution in [3.8, 4) is 0 Å². The Labute approximate surface area is 193 Å². The minimum atomic E-state index is -0.854. The summed E-state index contributed by atoms with van der Waals surface area (Å²) in [5, 5.41) is 1.27. The van der Waals surface area contributed by atoms with E-state index in [9.17, 15) is 0 Å². The third-order valence-electron chi connectivity index (χ3n) is 6.16. The second-order valence-electron chi connectivity index (χ2n) is 7.77. The van der Waals surface area contributed by atoms with Crippen molar-refractivity contribution in [1.82, 2.24) is 9.27 Å². The molecule has 2 aliphatic rings. The highest BCUT2D eigenvalue weighted by atomic mass is 35.5. The van der Waals surface area contributed by atoms with Crippen LogP contribution in [0.2, 0.25) is 0 Å². The number of fused-ring (bicyclic) bond motifs is 2. The highest BCUT2D eigenvalue weighted by molar-refractivity contribution is 7.13. The molecule has 0 N–H and O–H groups in total. The standard InChI is InChI=1S/C23H26N4O2S.ClH/c1-28-23(29-2)16-24-20-8-7-17(15-19(20)23)9-10-26-11-13-27(14-12-26)22-18-5-3-4-6-21(18)30-25-22;/h3-8,15-16H,9-14H2,1-2H3;1H. The summed E-state index contributed by atoms with van der Waals surface area (Å²) in [5.41, 5.74) is 3.20. The molecule has 31 heavy (non-hydrogen) atoms. The van der Waals surface area contributed by atoms with Gasteiger partial charge in [-0.1, -0.05) is 18.2 Å². The quantitative estimate of drug-likeness (QED) is 0.517. The van der Waals surface area contributed by atoms with Crippen LogP contribution < -0.4 is 4.90 Å². The van der Waals surface area contributed by atoms with Gasteiger partial charge in [-0.3, -0.25) is 9.89 Å². The Hall–Kier alpha value is -2.03. The molecule has 0 spiro atoms. The number of rotatable bonds is 6. The number of anilines is 1. The van der Waals surface area contributed by atoms with E-state index in [0.29, 0.717) is 0 Å². The van der Waals surface area contributed by atoms with Gasteiger partial charge >= 0.3 is 0 Å². The molecule has 3 aromatic rings. The Morgan fingerprint density at radius 3 is 2.58 bits per heavy atom. The fourth-order valence-electron chi connectivity index (χ4n) is 4.33. The van der Waals surface area contributed by atoms with Gasteiger partial charge in [-0.2, -0.15) is 4.37 Å². The third kappa shape index (κ3) is 4.08. The predicted octanol–water partition coefficient (Wildman–Crippen LogP) is 4.24. The summed E-state index contributed by atoms with van der Waals surface area (Å²) in [5.74, 6) is 0.289. The average molecular weight is 459 g/mol. The maximum atomic E-state index is 5.61. The number of hydrogen-bond acceptors (Lipinski definition) is 7. The van der Waals surface area contributed by atoms with Crippen LogP contribution in [0.3, 0.4) is 0 Å². The third-order valence-corrected chi connectivity index (χ3v) is 6.98. The Morgan fingerprint density at radius 2 is 1.81 bits per heavy atom. The van der Waals surface area contributed by atoms with E-state index in [1.165, 1.54) is 15.6 Å². The van der Waals surface area contributed by atoms with Gasteiger partial charge < -0.3 is 14.4 Å². The molecule has 0 saturated carbocycles. The lowest BCUT2D eigenvalue weighted by Crippen LogP contribution is -2.47. The second-order valence-corrected chi connectivity index (χ2v) is 8.57. The van der Waals surface area contributed by atoms with Crippen molar-refractivity contribution in [2.45, 2.75) is 12.2 Å². The first kappa shape index (κ1) is 22.2. The van der Waals surface area contributed by atoms with E-state index >= 15 is 0 Å². The Kier molecular flexibility index (Phi) is 6.60. The van der Waals surface area contributed by atoms with Gasteiger partial charge in [0.05, 0.1) is 16.6 Å². The molecule has 6 nitrogen and oxygen atoms in total. The molecule has 0 amide bonds. The number of ether oxygens (including phenoxy) is 2. The van der Waals surface area contributed by atoms with Crippen LogP contribution in [0.5, 0.6) is 0 Å². The molecule has 0 bridgehead atoms. The lowest BCUT2D eigenvalue weighted by Gasteiger charge is -2.35. The highest BCUT2D eigenvalue weighted by Crippen LogP contribution is 2.38. The Bertz CT molecular complexity index is 1070. The van der Waals surface area contributed by atoms with Crippen molar-refractivity contribution in [3.63, 3.8) is 0 Å². The number of aliphatic imine (C=N–C) groups is 1. The van der Waals surface area contributed by atoms with Gasteiger partial charge in [0.25, 0.3) is 0 Å². The van der Waals surface area contributed by atoms with Gasteiger partial charge in [0.1, 0.15) is 5.82 Å². The summed E-state index contributed by atoms with van der Waals surface area (Å²) < 4.78 is 17.2. The molecular weight excluding hydrogens is 432 g/mol. The molecule has 1 aromatic heterocycles. The van der Waals surface area contributed by atoms with Crippen LogP contribution in [-0.4, -0.2) is 62.4 Å². The van der Waals surface area contributed by atoms with E-state index < -0.39 is 5.79 Å². The summed E-state index contributed by atoms with van der Waals surface area (Å²) in [4.78, 5) is 9.40. The van der Waals surface area contributed by atoms with Crippen molar-refractivity contribution in [2.75, 3.05) is 51.8 Å². The number of aromatic nitrogens is 1. The van der Waals surface area contributed by atoms with Crippen LogP contribution in [-0.2, 0) is 21.7 Å². The number of nitrogens with zero attached hydrogens (tertiary/aromatic N) is 4. The first-order chi connectivity index (χ1) is 14.7. The zero-order valence-corrected chi connectivity index (χ0v) is 19.4. The van der Waals surface area contributed by atoms with E-state index in [0.717, 1.165) is 56.2 Å². The smallest absolute Gasteiger partial charge is 0.234 e. The lowest BCUT2D eigenvalue weighted by atomic mass is 10.0. The van der Waals surface area contributed by atoms with Gasteiger partial charge in [-0.05, 0) is 47.8 Å². The zero-order valence-electron chi connectivity index (χ0n) is 17.8. The van der Waals surface area contributed by atoms with Crippen molar-refractivity contribution < 1.29 is 9.47 Å². The number of piperazine rings is 1. The Morgan fingerprint density at radius 1 is 1.03 bits per heavy atom. The van der Waals surface area contributed by atoms with Crippen LogP contribution in [0.15, 0.2) is 47.5 Å². The van der Waals surface area contributed by atoms with E-state index in [1.807, 2.05) is 0 Å². The summed E-state index contributed by atoms with van der Waals surface area (Å²) >= 11 is 1.59. The zero-order chi connectivity index (χ0) is 20.6. The van der Waals surface area contributed by atoms with Gasteiger partial charge in [-0.25, -0.2) is 0 Å². The topological polar surface area (TPSA) is 50.2 Å². The monoisotopic (exact) mass is 458 g/mol. The number of methoxy groups -OCH3 is 2. The SMILES string of the molecule is COC1(OC)C=Nc2ccc(CCN3CCN(c4nsc5ccccc45)CC3)cc21.Cl. The molecule has 1 fully saturated rings. The summed E-state index contributed by atoms with van der Waals surface area (Å²) in [7, 11) is 3.31. The summed E-state index contributed by atoms with van der Waals surface area (Å²) in [6.45, 7) is 5.18. The lowest BCUT2D eigenvalue weighted by molar-refractivity contribution is -0.154. The van der Waals surface area contributed by atoms with Gasteiger partial charge in [0.15, 0.2) is 0 Å². The molecule has 1 saturated heterocycles. The predicted molar refractivity (Wildman–Crippen MR) is 130 cm³/mol. The van der Waals surface area contributed by atoms with Gasteiger partial charge in [0, 0.05) is 57.9 Å². The van der Waals surface area contributed by atoms with Gasteiger partial charge in [0.2, 0.25) is 5.79 Å². The van der Waals surface area contributed by atoms with Crippen LogP contribution in [0, 0.1) is 0 Å². The van der Waals surface area contributed by atoms with Crippen molar-refractivity contribution >= 4 is 51.7 Å². The van der Waals surface area contributed by atoms with Crippen LogP contribution in [0.4, 0.5) is 11.5 Å². The summed E-state index contributed by atoms with van der Waals surface area (Å²) in [6, 6.07) is 14.9. The van der Waals surface area contributed by atoms with Crippen molar-refractivity contribution in [1.29, 1.82) is 0 Å². The molecule has 0 atom stereocenters. The molecule has 2 aromatic carbocycles. The fraction of sp³-hybridized carbons (Fsp3) is 0.391. The van der Waals surface area contributed by atoms with E-state index in [4.69, 9.17) is 13.8 Å². The first-order valence-corrected chi connectivity index (χ1v) is 11.1. The number of halogens is 1. The van der Waals surface area contributed by atoms with E-state index in [-0.39, 0.29) is 12.4 Å². The molecule has 8 heteroatoms. The average Bonchev–Trinajstić information content (AvgIpc) is 3.40. The molecule has 0 unspecified atom stereocenters. The molecule has 5 rings (SSSR count). The van der Waals surface area contributed by atoms with Crippen molar-refractivity contribution in [2.24, 2.45) is 4.99 Å². The Balaban J connectivity index is 0.00000231. The highest BCUT2D eigenvalue weighted by Gasteiger charge is 2.37. The largest absolute Gasteiger partial charge is 0.353 e. The molecule has 0 radical (unpaired) electrons. The number of benzene rings is 2. The van der Waals surface area contributed by atoms with Crippen molar-refractivity contribution in [3.05, 3.63) is 53.6 Å². The van der Waals surface area contributed by atoms with Gasteiger partial charge in [-0.15, -0.1) is 12.4 Å². The normalized spacial score (nSPS) is 17.7. The van der Waals surface area contributed by atoms with E-state index in [1.54, 1.807) is 32.0 Å². The first-order valence-electron chi connectivity index (χ1n) is 10.3. The maximum Gasteiger partial charge on any atom is 0.234 e. The maximum absolute atomic E-state index is 5.61. The molecule has 0 aliphatic carbocycles. The number of hydrogen-bond donors (Lipinski definition) is 0. The molecular formula is C23H27ClN4O2S. The van der Waals surface area contributed by atoms with Crippen LogP contribution in [0.1, 0.15) is 11.1 Å². The second kappa shape index (κ2) is 9.22. The molecule has 2 aliphatic heterocycles. The van der Waals surface area contributed by atoms with Crippen LogP contribution in [0.25, 0.3) is 10.1 Å². The fourth-order valence-corrected chi connectivity index (χ4v) is 5.13.